The molecule has 12 unspecified atom stereocenters. The molecule has 9 N–H and O–H groups in total. The topological polar surface area (TPSA) is 228 Å². The zero-order valence-electron chi connectivity index (χ0n) is 36.2. The number of carbonyl (C=O) groups excluding carboxylic acids is 1. The number of aliphatic hydroxyl groups is 8. The number of carbonyl (C=O) groups is 1. The molecule has 1 amide bonds. The minimum atomic E-state index is -1.79. The first kappa shape index (κ1) is 53.6. The molecule has 59 heavy (non-hydrogen) atoms. The van der Waals surface area contributed by atoms with Gasteiger partial charge in [-0.25, -0.2) is 0 Å². The highest BCUT2D eigenvalue weighted by molar-refractivity contribution is 5.76. The van der Waals surface area contributed by atoms with E-state index in [-0.39, 0.29) is 18.9 Å². The summed E-state index contributed by atoms with van der Waals surface area (Å²) in [6.07, 6.45) is 16.5. The Bertz CT molecular complexity index is 1090. The van der Waals surface area contributed by atoms with Crippen molar-refractivity contribution in [3.8, 4) is 0 Å². The Morgan fingerprint density at radius 1 is 0.593 bits per heavy atom. The van der Waals surface area contributed by atoms with E-state index in [0.717, 1.165) is 57.8 Å². The van der Waals surface area contributed by atoms with Crippen molar-refractivity contribution in [2.24, 2.45) is 0 Å². The van der Waals surface area contributed by atoms with E-state index in [1.807, 2.05) is 6.08 Å². The SMILES string of the molecule is CCCC/C=C\CCCCCCCC(=O)NC(COC1OC(CO)C(OC2OC(CO)C(O)C(O)C2O)C(O)C1O)C(O)/C=C/CCCCCCCCCCCCCC. The summed E-state index contributed by atoms with van der Waals surface area (Å²) in [5.41, 5.74) is 0. The molecule has 0 saturated carbocycles. The van der Waals surface area contributed by atoms with Gasteiger partial charge in [-0.15, -0.1) is 0 Å². The molecule has 0 aromatic rings. The molecule has 0 radical (unpaired) electrons. The number of nitrogens with one attached hydrogen (secondary N) is 1. The van der Waals surface area contributed by atoms with Gasteiger partial charge in [-0.1, -0.05) is 141 Å². The lowest BCUT2D eigenvalue weighted by Crippen LogP contribution is -2.65. The molecule has 0 aromatic heterocycles. The Hall–Kier alpha value is -1.53. The average Bonchev–Trinajstić information content (AvgIpc) is 3.23. The molecule has 0 bridgehead atoms. The van der Waals surface area contributed by atoms with Crippen molar-refractivity contribution >= 4 is 5.91 Å². The first-order chi connectivity index (χ1) is 28.6. The van der Waals surface area contributed by atoms with Gasteiger partial charge >= 0.3 is 0 Å². The molecule has 2 rings (SSSR count). The predicted octanol–water partition coefficient (Wildman–Crippen LogP) is 4.60. The van der Waals surface area contributed by atoms with Crippen LogP contribution in [0.5, 0.6) is 0 Å². The number of ether oxygens (including phenoxy) is 4. The largest absolute Gasteiger partial charge is 0.394 e. The van der Waals surface area contributed by atoms with Gasteiger partial charge in [0.1, 0.15) is 48.8 Å². The molecule has 14 heteroatoms. The fourth-order valence-electron chi connectivity index (χ4n) is 7.50. The van der Waals surface area contributed by atoms with E-state index < -0.39 is 86.8 Å². The third-order valence-corrected chi connectivity index (χ3v) is 11.4. The van der Waals surface area contributed by atoms with Crippen LogP contribution in [0.2, 0.25) is 0 Å². The van der Waals surface area contributed by atoms with Gasteiger partial charge in [-0.05, 0) is 38.5 Å². The van der Waals surface area contributed by atoms with Crippen LogP contribution < -0.4 is 5.32 Å². The average molecular weight is 846 g/mol. The standard InChI is InChI=1S/C45H83NO13/c1-3-5-7-9-11-13-15-16-17-19-20-22-24-26-28-34(49)33(46-37(50)29-27-25-23-21-18-14-12-10-8-6-4-2)32-56-44-42(55)40(53)43(36(31-48)58-44)59-45-41(54)39(52)38(51)35(30-47)57-45/h10,12,26,28,33-36,38-45,47-49,51-55H,3-9,11,13-25,27,29-32H2,1-2H3,(H,46,50)/b12-10-,28-26+. The van der Waals surface area contributed by atoms with Crippen molar-refractivity contribution in [3.63, 3.8) is 0 Å². The number of unbranched alkanes of at least 4 members (excludes halogenated alkanes) is 19. The smallest absolute Gasteiger partial charge is 0.220 e. The summed E-state index contributed by atoms with van der Waals surface area (Å²) in [4.78, 5) is 13.1. The second kappa shape index (κ2) is 33.1. The lowest BCUT2D eigenvalue weighted by Gasteiger charge is -2.46. The van der Waals surface area contributed by atoms with E-state index in [9.17, 15) is 45.6 Å². The third kappa shape index (κ3) is 21.4. The number of hydrogen-bond donors (Lipinski definition) is 9. The Morgan fingerprint density at radius 3 is 1.66 bits per heavy atom. The van der Waals surface area contributed by atoms with Crippen LogP contribution in [0, 0.1) is 0 Å². The molecule has 2 fully saturated rings. The van der Waals surface area contributed by atoms with Crippen molar-refractivity contribution in [2.75, 3.05) is 19.8 Å². The molecule has 0 aliphatic carbocycles. The van der Waals surface area contributed by atoms with Crippen LogP contribution in [0.1, 0.15) is 162 Å². The number of allylic oxidation sites excluding steroid dienone is 3. The van der Waals surface area contributed by atoms with Gasteiger partial charge in [-0.2, -0.15) is 0 Å². The Balaban J connectivity index is 1.91. The van der Waals surface area contributed by atoms with Crippen molar-refractivity contribution in [3.05, 3.63) is 24.3 Å². The molecule has 2 aliphatic heterocycles. The fraction of sp³-hybridized carbons (Fsp3) is 0.889. The van der Waals surface area contributed by atoms with Gasteiger partial charge in [0.05, 0.1) is 32.0 Å². The quantitative estimate of drug-likeness (QED) is 0.0319. The summed E-state index contributed by atoms with van der Waals surface area (Å²) in [6, 6.07) is -0.913. The molecule has 0 aromatic carbocycles. The number of hydrogen-bond acceptors (Lipinski definition) is 13. The molecular formula is C45H83NO13. The van der Waals surface area contributed by atoms with Crippen LogP contribution in [0.15, 0.2) is 24.3 Å². The molecule has 14 nitrogen and oxygen atoms in total. The summed E-state index contributed by atoms with van der Waals surface area (Å²) < 4.78 is 22.6. The molecule has 0 spiro atoms. The van der Waals surface area contributed by atoms with Gasteiger partial charge in [-0.3, -0.25) is 4.79 Å². The number of aliphatic hydroxyl groups excluding tert-OH is 8. The Morgan fingerprint density at radius 2 is 1.08 bits per heavy atom. The van der Waals surface area contributed by atoms with Gasteiger partial charge in [0.25, 0.3) is 0 Å². The summed E-state index contributed by atoms with van der Waals surface area (Å²) in [5, 5.41) is 86.4. The lowest BCUT2D eigenvalue weighted by molar-refractivity contribution is -0.359. The maximum Gasteiger partial charge on any atom is 0.220 e. The van der Waals surface area contributed by atoms with Crippen LogP contribution in [0.4, 0.5) is 0 Å². The zero-order valence-corrected chi connectivity index (χ0v) is 36.2. The lowest BCUT2D eigenvalue weighted by atomic mass is 9.97. The minimum absolute atomic E-state index is 0.253. The molecule has 346 valence electrons. The first-order valence-electron chi connectivity index (χ1n) is 23.1. The molecule has 2 saturated heterocycles. The second-order valence-electron chi connectivity index (χ2n) is 16.5. The van der Waals surface area contributed by atoms with Gasteiger partial charge < -0.3 is 65.1 Å². The second-order valence-corrected chi connectivity index (χ2v) is 16.5. The zero-order chi connectivity index (χ0) is 43.3. The number of amides is 1. The molecule has 12 atom stereocenters. The van der Waals surface area contributed by atoms with Crippen LogP contribution in [-0.4, -0.2) is 140 Å². The summed E-state index contributed by atoms with van der Waals surface area (Å²) in [5.74, 6) is -0.253. The van der Waals surface area contributed by atoms with Crippen molar-refractivity contribution in [1.82, 2.24) is 5.32 Å². The predicted molar refractivity (Wildman–Crippen MR) is 226 cm³/mol. The summed E-state index contributed by atoms with van der Waals surface area (Å²) in [7, 11) is 0. The van der Waals surface area contributed by atoms with Gasteiger partial charge in [0.15, 0.2) is 12.6 Å². The van der Waals surface area contributed by atoms with Crippen LogP contribution in [0.25, 0.3) is 0 Å². The van der Waals surface area contributed by atoms with Gasteiger partial charge in [0, 0.05) is 6.42 Å². The first-order valence-corrected chi connectivity index (χ1v) is 23.1. The van der Waals surface area contributed by atoms with E-state index >= 15 is 0 Å². The third-order valence-electron chi connectivity index (χ3n) is 11.4. The summed E-state index contributed by atoms with van der Waals surface area (Å²) >= 11 is 0. The van der Waals surface area contributed by atoms with E-state index in [1.54, 1.807) is 6.08 Å². The Kier molecular flexibility index (Phi) is 30.1. The highest BCUT2D eigenvalue weighted by Crippen LogP contribution is 2.30. The molecule has 2 aliphatic rings. The molecule has 2 heterocycles. The summed E-state index contributed by atoms with van der Waals surface area (Å²) in [6.45, 7) is 2.71. The maximum absolute atomic E-state index is 13.1. The van der Waals surface area contributed by atoms with Crippen molar-refractivity contribution in [2.45, 2.75) is 235 Å². The monoisotopic (exact) mass is 846 g/mol. The van der Waals surface area contributed by atoms with Gasteiger partial charge in [0.2, 0.25) is 5.91 Å². The highest BCUT2D eigenvalue weighted by Gasteiger charge is 2.50. The minimum Gasteiger partial charge on any atom is -0.394 e. The van der Waals surface area contributed by atoms with E-state index in [2.05, 4.69) is 31.3 Å². The van der Waals surface area contributed by atoms with E-state index in [1.165, 1.54) is 77.0 Å². The molecular weight excluding hydrogens is 762 g/mol. The number of rotatable bonds is 34. The van der Waals surface area contributed by atoms with Crippen LogP contribution >= 0.6 is 0 Å². The van der Waals surface area contributed by atoms with Crippen molar-refractivity contribution < 1.29 is 64.6 Å². The normalized spacial score (nSPS) is 28.7. The Labute approximate surface area is 354 Å². The van der Waals surface area contributed by atoms with Crippen LogP contribution in [-0.2, 0) is 23.7 Å². The van der Waals surface area contributed by atoms with E-state index in [4.69, 9.17) is 18.9 Å². The van der Waals surface area contributed by atoms with Crippen LogP contribution in [0.3, 0.4) is 0 Å². The highest BCUT2D eigenvalue weighted by atomic mass is 16.7. The van der Waals surface area contributed by atoms with Crippen molar-refractivity contribution in [1.29, 1.82) is 0 Å². The van der Waals surface area contributed by atoms with E-state index in [0.29, 0.717) is 6.42 Å². The maximum atomic E-state index is 13.1. The fourth-order valence-corrected chi connectivity index (χ4v) is 7.50.